The zero-order valence-electron chi connectivity index (χ0n) is 18.9. The van der Waals surface area contributed by atoms with Crippen LogP contribution in [0.5, 0.6) is 17.2 Å². The summed E-state index contributed by atoms with van der Waals surface area (Å²) < 4.78 is 22.1. The lowest BCUT2D eigenvalue weighted by atomic mass is 10.0. The highest BCUT2D eigenvalue weighted by atomic mass is 16.5. The lowest BCUT2D eigenvalue weighted by Crippen LogP contribution is -2.30. The first-order valence-electron chi connectivity index (χ1n) is 10.7. The molecule has 32 heavy (non-hydrogen) atoms. The van der Waals surface area contributed by atoms with Crippen molar-refractivity contribution in [3.05, 3.63) is 70.6 Å². The van der Waals surface area contributed by atoms with Gasteiger partial charge in [-0.2, -0.15) is 0 Å². The average Bonchev–Trinajstić information content (AvgIpc) is 3.43. The fourth-order valence-corrected chi connectivity index (χ4v) is 4.18. The monoisotopic (exact) mass is 436 g/mol. The molecule has 0 saturated carbocycles. The predicted molar refractivity (Wildman–Crippen MR) is 119 cm³/mol. The lowest BCUT2D eigenvalue weighted by Gasteiger charge is -2.27. The maximum atomic E-state index is 13.5. The maximum Gasteiger partial charge on any atom is 0.254 e. The number of hydrogen-bond donors (Lipinski definition) is 0. The van der Waals surface area contributed by atoms with E-state index in [1.54, 1.807) is 20.3 Å². The van der Waals surface area contributed by atoms with E-state index in [4.69, 9.17) is 18.7 Å². The highest BCUT2D eigenvalue weighted by Gasteiger charge is 2.33. The van der Waals surface area contributed by atoms with E-state index in [0.29, 0.717) is 24.5 Å². The third-order valence-electron chi connectivity index (χ3n) is 5.95. The second kappa shape index (κ2) is 9.34. The van der Waals surface area contributed by atoms with Crippen molar-refractivity contribution < 1.29 is 23.5 Å². The van der Waals surface area contributed by atoms with Crippen LogP contribution in [0.3, 0.4) is 0 Å². The third-order valence-corrected chi connectivity index (χ3v) is 5.95. The van der Waals surface area contributed by atoms with Crippen LogP contribution >= 0.6 is 0 Å². The molecule has 1 aliphatic rings. The summed E-state index contributed by atoms with van der Waals surface area (Å²) in [6, 6.07) is 12.9. The zero-order valence-corrected chi connectivity index (χ0v) is 18.9. The minimum absolute atomic E-state index is 0.0276. The molecule has 1 fully saturated rings. The summed E-state index contributed by atoms with van der Waals surface area (Å²) in [5.74, 6) is 2.84. The van der Waals surface area contributed by atoms with Crippen LogP contribution in [0.2, 0.25) is 0 Å². The molecule has 1 saturated heterocycles. The topological polar surface area (TPSA) is 74.0 Å². The SMILES string of the molecule is COc1ccc(OC)c([C@@H]2CCCN2C(=O)c2cccc(OCc3c(C)noc3C)c2)c1. The number of benzene rings is 2. The van der Waals surface area contributed by atoms with Crippen LogP contribution in [0.15, 0.2) is 47.0 Å². The van der Waals surface area contributed by atoms with E-state index in [1.165, 1.54) is 0 Å². The van der Waals surface area contributed by atoms with E-state index in [0.717, 1.165) is 46.9 Å². The van der Waals surface area contributed by atoms with E-state index in [9.17, 15) is 4.79 Å². The Morgan fingerprint density at radius 1 is 1.12 bits per heavy atom. The van der Waals surface area contributed by atoms with Crippen LogP contribution in [0.1, 0.15) is 51.8 Å². The number of aryl methyl sites for hydroxylation is 2. The van der Waals surface area contributed by atoms with Crippen molar-refractivity contribution in [2.75, 3.05) is 20.8 Å². The summed E-state index contributed by atoms with van der Waals surface area (Å²) in [7, 11) is 3.28. The number of carbonyl (C=O) groups excluding carboxylic acids is 1. The minimum Gasteiger partial charge on any atom is -0.497 e. The Labute approximate surface area is 187 Å². The molecule has 1 aromatic heterocycles. The van der Waals surface area contributed by atoms with Crippen LogP contribution in [0.25, 0.3) is 0 Å². The van der Waals surface area contributed by atoms with Gasteiger partial charge in [-0.1, -0.05) is 11.2 Å². The molecule has 2 heterocycles. The number of likely N-dealkylation sites (tertiary alicyclic amines) is 1. The van der Waals surface area contributed by atoms with Crippen LogP contribution < -0.4 is 14.2 Å². The largest absolute Gasteiger partial charge is 0.497 e. The number of amides is 1. The molecule has 0 unspecified atom stereocenters. The molecule has 1 amide bonds. The van der Waals surface area contributed by atoms with Gasteiger partial charge in [-0.05, 0) is 63.1 Å². The fraction of sp³-hybridized carbons (Fsp3) is 0.360. The number of methoxy groups -OCH3 is 2. The highest BCUT2D eigenvalue weighted by Crippen LogP contribution is 2.39. The Kier molecular flexibility index (Phi) is 6.35. The van der Waals surface area contributed by atoms with Gasteiger partial charge in [-0.25, -0.2) is 0 Å². The van der Waals surface area contributed by atoms with Crippen molar-refractivity contribution >= 4 is 5.91 Å². The van der Waals surface area contributed by atoms with Crippen molar-refractivity contribution in [3.63, 3.8) is 0 Å². The van der Waals surface area contributed by atoms with Crippen LogP contribution in [-0.4, -0.2) is 36.7 Å². The molecule has 1 aliphatic heterocycles. The van der Waals surface area contributed by atoms with Crippen LogP contribution in [0.4, 0.5) is 0 Å². The van der Waals surface area contributed by atoms with Gasteiger partial charge in [0.25, 0.3) is 5.91 Å². The average molecular weight is 437 g/mol. The number of aromatic nitrogens is 1. The van der Waals surface area contributed by atoms with Crippen molar-refractivity contribution in [1.29, 1.82) is 0 Å². The summed E-state index contributed by atoms with van der Waals surface area (Å²) in [6.07, 6.45) is 1.80. The molecule has 0 N–H and O–H groups in total. The molecule has 168 valence electrons. The van der Waals surface area contributed by atoms with Gasteiger partial charge in [-0.3, -0.25) is 4.79 Å². The van der Waals surface area contributed by atoms with Gasteiger partial charge < -0.3 is 23.6 Å². The summed E-state index contributed by atoms with van der Waals surface area (Å²) in [6.45, 7) is 4.77. The first-order valence-corrected chi connectivity index (χ1v) is 10.7. The van der Waals surface area contributed by atoms with E-state index < -0.39 is 0 Å². The molecule has 3 aromatic rings. The first-order chi connectivity index (χ1) is 15.5. The Balaban J connectivity index is 1.54. The Bertz CT molecular complexity index is 1090. The molecular weight excluding hydrogens is 408 g/mol. The highest BCUT2D eigenvalue weighted by molar-refractivity contribution is 5.95. The third kappa shape index (κ3) is 4.28. The van der Waals surface area contributed by atoms with Gasteiger partial charge in [-0.15, -0.1) is 0 Å². The Morgan fingerprint density at radius 2 is 1.97 bits per heavy atom. The minimum atomic E-state index is -0.0700. The quantitative estimate of drug-likeness (QED) is 0.526. The zero-order chi connectivity index (χ0) is 22.7. The van der Waals surface area contributed by atoms with Gasteiger partial charge in [0.1, 0.15) is 29.6 Å². The molecule has 7 nitrogen and oxygen atoms in total. The molecule has 4 rings (SSSR count). The van der Waals surface area contributed by atoms with Crippen LogP contribution in [0, 0.1) is 13.8 Å². The molecular formula is C25H28N2O5. The van der Waals surface area contributed by atoms with Crippen molar-refractivity contribution in [1.82, 2.24) is 10.1 Å². The fourth-order valence-electron chi connectivity index (χ4n) is 4.18. The van der Waals surface area contributed by atoms with Crippen molar-refractivity contribution in [2.24, 2.45) is 0 Å². The molecule has 0 spiro atoms. The second-order valence-corrected chi connectivity index (χ2v) is 7.88. The summed E-state index contributed by atoms with van der Waals surface area (Å²) in [5, 5.41) is 3.96. The Morgan fingerprint density at radius 3 is 2.69 bits per heavy atom. The molecule has 1 atom stereocenters. The van der Waals surface area contributed by atoms with E-state index in [-0.39, 0.29) is 11.9 Å². The first kappa shape index (κ1) is 21.7. The number of nitrogens with zero attached hydrogens (tertiary/aromatic N) is 2. The number of rotatable bonds is 7. The van der Waals surface area contributed by atoms with Gasteiger partial charge in [0, 0.05) is 17.7 Å². The summed E-state index contributed by atoms with van der Waals surface area (Å²) >= 11 is 0. The number of ether oxygens (including phenoxy) is 3. The Hall–Kier alpha value is -3.48. The molecule has 2 aromatic carbocycles. The van der Waals surface area contributed by atoms with E-state index in [1.807, 2.05) is 55.1 Å². The number of hydrogen-bond acceptors (Lipinski definition) is 6. The lowest BCUT2D eigenvalue weighted by molar-refractivity contribution is 0.0733. The molecule has 7 heteroatoms. The van der Waals surface area contributed by atoms with E-state index >= 15 is 0 Å². The van der Waals surface area contributed by atoms with Crippen molar-refractivity contribution in [2.45, 2.75) is 39.3 Å². The van der Waals surface area contributed by atoms with Gasteiger partial charge in [0.15, 0.2) is 0 Å². The summed E-state index contributed by atoms with van der Waals surface area (Å²) in [4.78, 5) is 15.4. The predicted octanol–water partition coefficient (Wildman–Crippen LogP) is 4.86. The maximum absolute atomic E-state index is 13.5. The van der Waals surface area contributed by atoms with Crippen LogP contribution in [-0.2, 0) is 6.61 Å². The standard InChI is InChI=1S/C25H28N2O5/c1-16-22(17(2)32-26-16)15-31-20-8-5-7-18(13-20)25(28)27-12-6-9-23(27)21-14-19(29-3)10-11-24(21)30-4/h5,7-8,10-11,13-14,23H,6,9,12,15H2,1-4H3/t23-/m0/s1. The van der Waals surface area contributed by atoms with Crippen molar-refractivity contribution in [3.8, 4) is 17.2 Å². The second-order valence-electron chi connectivity index (χ2n) is 7.88. The number of carbonyl (C=O) groups is 1. The summed E-state index contributed by atoms with van der Waals surface area (Å²) in [5.41, 5.74) is 3.28. The molecule has 0 bridgehead atoms. The smallest absolute Gasteiger partial charge is 0.254 e. The van der Waals surface area contributed by atoms with E-state index in [2.05, 4.69) is 5.16 Å². The molecule has 0 radical (unpaired) electrons. The van der Waals surface area contributed by atoms with Gasteiger partial charge >= 0.3 is 0 Å². The normalized spacial score (nSPS) is 15.6. The molecule has 0 aliphatic carbocycles. The van der Waals surface area contributed by atoms with Gasteiger partial charge in [0.05, 0.1) is 31.5 Å². The van der Waals surface area contributed by atoms with Gasteiger partial charge in [0.2, 0.25) is 0 Å².